The average Bonchev–Trinajstić information content (AvgIpc) is 2.64. The lowest BCUT2D eigenvalue weighted by molar-refractivity contribution is -0.128. The third kappa shape index (κ3) is 2.35. The second-order valence-corrected chi connectivity index (χ2v) is 3.77. The van der Waals surface area contributed by atoms with Crippen LogP contribution in [-0.4, -0.2) is 35.1 Å². The van der Waals surface area contributed by atoms with Gasteiger partial charge in [-0.2, -0.15) is 0 Å². The summed E-state index contributed by atoms with van der Waals surface area (Å²) >= 11 is 0. The van der Waals surface area contributed by atoms with Crippen LogP contribution >= 0.6 is 0 Å². The van der Waals surface area contributed by atoms with Gasteiger partial charge in [-0.1, -0.05) is 13.0 Å². The van der Waals surface area contributed by atoms with Gasteiger partial charge in [0.2, 0.25) is 5.91 Å². The van der Waals surface area contributed by atoms with Crippen molar-refractivity contribution in [2.75, 3.05) is 13.2 Å². The summed E-state index contributed by atoms with van der Waals surface area (Å²) < 4.78 is 0. The molecule has 0 aromatic heterocycles. The highest BCUT2D eigenvalue weighted by molar-refractivity contribution is 5.93. The molecule has 0 aromatic carbocycles. The summed E-state index contributed by atoms with van der Waals surface area (Å²) in [5.74, 6) is 0.0865. The molecule has 14 heavy (non-hydrogen) atoms. The number of aliphatic hydroxyl groups excluding tert-OH is 1. The minimum atomic E-state index is 0.0442. The number of rotatable bonds is 3. The summed E-state index contributed by atoms with van der Waals surface area (Å²) in [6, 6.07) is 0.0442. The van der Waals surface area contributed by atoms with Crippen molar-refractivity contribution in [2.45, 2.75) is 39.2 Å². The van der Waals surface area contributed by atoms with E-state index >= 15 is 0 Å². The molecular formula is C11H19NO2. The van der Waals surface area contributed by atoms with Crippen LogP contribution in [0.15, 0.2) is 11.6 Å². The van der Waals surface area contributed by atoms with Crippen LogP contribution in [0, 0.1) is 0 Å². The lowest BCUT2D eigenvalue weighted by Gasteiger charge is -2.23. The number of allylic oxidation sites excluding steroid dienone is 1. The van der Waals surface area contributed by atoms with Crippen molar-refractivity contribution in [3.63, 3.8) is 0 Å². The van der Waals surface area contributed by atoms with Crippen molar-refractivity contribution < 1.29 is 9.90 Å². The molecule has 80 valence electrons. The zero-order valence-electron chi connectivity index (χ0n) is 8.99. The summed E-state index contributed by atoms with van der Waals surface area (Å²) in [5, 5.41) is 9.08. The molecule has 1 atom stereocenters. The van der Waals surface area contributed by atoms with Crippen molar-refractivity contribution in [1.29, 1.82) is 0 Å². The van der Waals surface area contributed by atoms with Gasteiger partial charge in [0.05, 0.1) is 12.6 Å². The second kappa shape index (κ2) is 5.15. The zero-order chi connectivity index (χ0) is 10.6. The second-order valence-electron chi connectivity index (χ2n) is 3.77. The quantitative estimate of drug-likeness (QED) is 0.693. The molecule has 0 aliphatic carbocycles. The van der Waals surface area contributed by atoms with Crippen molar-refractivity contribution in [3.05, 3.63) is 11.6 Å². The molecule has 1 heterocycles. The number of hydrogen-bond donors (Lipinski definition) is 1. The van der Waals surface area contributed by atoms with Crippen molar-refractivity contribution in [3.8, 4) is 0 Å². The molecule has 3 nitrogen and oxygen atoms in total. The van der Waals surface area contributed by atoms with Crippen molar-refractivity contribution >= 4 is 5.91 Å². The molecule has 0 bridgehead atoms. The fourth-order valence-electron chi connectivity index (χ4n) is 1.91. The smallest absolute Gasteiger partial charge is 0.249 e. The largest absolute Gasteiger partial charge is 0.394 e. The van der Waals surface area contributed by atoms with Crippen molar-refractivity contribution in [2.24, 2.45) is 0 Å². The topological polar surface area (TPSA) is 40.5 Å². The number of carbonyl (C=O) groups is 1. The molecule has 1 rings (SSSR count). The van der Waals surface area contributed by atoms with Crippen molar-refractivity contribution in [1.82, 2.24) is 4.90 Å². The van der Waals surface area contributed by atoms with Gasteiger partial charge in [0.15, 0.2) is 0 Å². The van der Waals surface area contributed by atoms with E-state index in [4.69, 9.17) is 5.11 Å². The van der Waals surface area contributed by atoms with E-state index in [-0.39, 0.29) is 18.6 Å². The Kier molecular flexibility index (Phi) is 4.14. The Bertz CT molecular complexity index is 235. The summed E-state index contributed by atoms with van der Waals surface area (Å²) in [6.07, 6.45) is 4.77. The van der Waals surface area contributed by atoms with Gasteiger partial charge in [-0.15, -0.1) is 0 Å². The van der Waals surface area contributed by atoms with Gasteiger partial charge in [-0.25, -0.2) is 0 Å². The Balaban J connectivity index is 2.64. The third-order valence-corrected chi connectivity index (χ3v) is 2.70. The van der Waals surface area contributed by atoms with E-state index in [1.807, 2.05) is 19.9 Å². The lowest BCUT2D eigenvalue weighted by Crippen LogP contribution is -2.38. The first-order valence-corrected chi connectivity index (χ1v) is 5.29. The predicted octanol–water partition coefficient (Wildman–Crippen LogP) is 1.33. The number of aliphatic hydroxyl groups is 1. The fourth-order valence-corrected chi connectivity index (χ4v) is 1.91. The predicted molar refractivity (Wildman–Crippen MR) is 55.9 cm³/mol. The van der Waals surface area contributed by atoms with Gasteiger partial charge < -0.3 is 10.0 Å². The first-order valence-electron chi connectivity index (χ1n) is 5.29. The molecule has 1 aliphatic heterocycles. The van der Waals surface area contributed by atoms with Crippen LogP contribution in [0.1, 0.15) is 33.1 Å². The Labute approximate surface area is 85.4 Å². The van der Waals surface area contributed by atoms with E-state index in [1.165, 1.54) is 0 Å². The van der Waals surface area contributed by atoms with E-state index in [1.54, 1.807) is 4.90 Å². The van der Waals surface area contributed by atoms with Gasteiger partial charge >= 0.3 is 0 Å². The van der Waals surface area contributed by atoms with E-state index in [2.05, 4.69) is 0 Å². The van der Waals surface area contributed by atoms with Gasteiger partial charge in [-0.3, -0.25) is 4.79 Å². The minimum absolute atomic E-state index is 0.0442. The first kappa shape index (κ1) is 11.2. The number of nitrogens with zero attached hydrogens (tertiary/aromatic N) is 1. The minimum Gasteiger partial charge on any atom is -0.394 e. The summed E-state index contributed by atoms with van der Waals surface area (Å²) in [4.78, 5) is 13.6. The highest BCUT2D eigenvalue weighted by Crippen LogP contribution is 2.19. The van der Waals surface area contributed by atoms with Gasteiger partial charge in [0.25, 0.3) is 0 Å². The lowest BCUT2D eigenvalue weighted by atomic mass is 10.2. The maximum atomic E-state index is 11.9. The molecule has 0 radical (unpaired) electrons. The van der Waals surface area contributed by atoms with E-state index in [0.29, 0.717) is 0 Å². The third-order valence-electron chi connectivity index (χ3n) is 2.70. The van der Waals surface area contributed by atoms with Gasteiger partial charge in [0.1, 0.15) is 0 Å². The number of hydrogen-bond acceptors (Lipinski definition) is 2. The number of carbonyl (C=O) groups excluding carboxylic acids is 1. The SMILES string of the molecule is CC/C=C(/C)C(=O)N1CCCC1CO. The van der Waals surface area contributed by atoms with E-state index < -0.39 is 0 Å². The van der Waals surface area contributed by atoms with E-state index in [9.17, 15) is 4.79 Å². The summed E-state index contributed by atoms with van der Waals surface area (Å²) in [6.45, 7) is 4.74. The fraction of sp³-hybridized carbons (Fsp3) is 0.727. The normalized spacial score (nSPS) is 22.9. The Hall–Kier alpha value is -0.830. The van der Waals surface area contributed by atoms with Crippen LogP contribution in [0.3, 0.4) is 0 Å². The van der Waals surface area contributed by atoms with Gasteiger partial charge in [0, 0.05) is 12.1 Å². The van der Waals surface area contributed by atoms with Crippen LogP contribution in [0.4, 0.5) is 0 Å². The summed E-state index contributed by atoms with van der Waals surface area (Å²) in [7, 11) is 0. The zero-order valence-corrected chi connectivity index (χ0v) is 8.99. The maximum Gasteiger partial charge on any atom is 0.249 e. The van der Waals surface area contributed by atoms with E-state index in [0.717, 1.165) is 31.4 Å². The van der Waals surface area contributed by atoms with Gasteiger partial charge in [-0.05, 0) is 26.2 Å². The number of likely N-dealkylation sites (tertiary alicyclic amines) is 1. The molecule has 0 aromatic rings. The molecular weight excluding hydrogens is 178 g/mol. The molecule has 1 amide bonds. The van der Waals surface area contributed by atoms with Crippen LogP contribution in [0.5, 0.6) is 0 Å². The van der Waals surface area contributed by atoms with Crippen LogP contribution in [0.2, 0.25) is 0 Å². The molecule has 1 unspecified atom stereocenters. The average molecular weight is 197 g/mol. The van der Waals surface area contributed by atoms with Crippen LogP contribution in [-0.2, 0) is 4.79 Å². The molecule has 0 saturated carbocycles. The molecule has 3 heteroatoms. The molecule has 1 N–H and O–H groups in total. The molecule has 1 saturated heterocycles. The summed E-state index contributed by atoms with van der Waals surface area (Å²) in [5.41, 5.74) is 0.799. The maximum absolute atomic E-state index is 11.9. The highest BCUT2D eigenvalue weighted by atomic mass is 16.3. The Morgan fingerprint density at radius 2 is 2.36 bits per heavy atom. The highest BCUT2D eigenvalue weighted by Gasteiger charge is 2.28. The Morgan fingerprint density at radius 3 is 2.93 bits per heavy atom. The van der Waals surface area contributed by atoms with Crippen LogP contribution in [0.25, 0.3) is 0 Å². The number of amides is 1. The monoisotopic (exact) mass is 197 g/mol. The first-order chi connectivity index (χ1) is 6.70. The van der Waals surface area contributed by atoms with Crippen LogP contribution < -0.4 is 0 Å². The molecule has 0 spiro atoms. The standard InChI is InChI=1S/C11H19NO2/c1-3-5-9(2)11(14)12-7-4-6-10(12)8-13/h5,10,13H,3-4,6-8H2,1-2H3/b9-5-. The Morgan fingerprint density at radius 1 is 1.64 bits per heavy atom. The molecule has 1 fully saturated rings. The molecule has 1 aliphatic rings.